The molecule has 2 aliphatic rings. The maximum Gasteiger partial charge on any atom is 0.226 e. The second-order valence-electron chi connectivity index (χ2n) is 15.3. The molecule has 60 heavy (non-hydrogen) atoms. The Morgan fingerprint density at radius 3 is 1.63 bits per heavy atom. The number of rotatable bonds is 17. The Bertz CT molecular complexity index is 2070. The SMILES string of the molecule is CC(=N)OC(=N)c1ccc(-c2ccc(O[C@H]3OC(CO)CC(C[C@H]4OC(CO)CC(OCc5ccccc5)C4OCc4ccccc4)C3OCc3ccccc3)cc2)cc1. The quantitative estimate of drug-likeness (QED) is 0.0539. The molecule has 0 radical (unpaired) electrons. The summed E-state index contributed by atoms with van der Waals surface area (Å²) in [5, 5.41) is 36.6. The van der Waals surface area contributed by atoms with Gasteiger partial charge in [-0.15, -0.1) is 0 Å². The smallest absolute Gasteiger partial charge is 0.226 e. The van der Waals surface area contributed by atoms with Crippen molar-refractivity contribution >= 4 is 11.8 Å². The number of ether oxygens (including phenoxy) is 7. The second kappa shape index (κ2) is 21.3. The molecular formula is C49H54N2O9. The zero-order valence-corrected chi connectivity index (χ0v) is 33.8. The van der Waals surface area contributed by atoms with Gasteiger partial charge in [-0.3, -0.25) is 10.8 Å². The third-order valence-corrected chi connectivity index (χ3v) is 10.9. The molecule has 0 spiro atoms. The molecule has 0 bridgehead atoms. The first-order valence-electron chi connectivity index (χ1n) is 20.5. The summed E-state index contributed by atoms with van der Waals surface area (Å²) in [5.74, 6) is 0.235. The number of hydrogen-bond acceptors (Lipinski definition) is 11. The molecule has 6 unspecified atom stereocenters. The van der Waals surface area contributed by atoms with Crippen LogP contribution in [0.5, 0.6) is 5.75 Å². The fourth-order valence-corrected chi connectivity index (χ4v) is 7.87. The van der Waals surface area contributed by atoms with Crippen molar-refractivity contribution in [2.45, 2.75) is 88.9 Å². The van der Waals surface area contributed by atoms with Crippen molar-refractivity contribution in [1.82, 2.24) is 0 Å². The van der Waals surface area contributed by atoms with Crippen LogP contribution in [0.25, 0.3) is 11.1 Å². The summed E-state index contributed by atoms with van der Waals surface area (Å²) in [6.45, 7) is 2.17. The first kappa shape index (κ1) is 42.9. The van der Waals surface area contributed by atoms with Crippen LogP contribution in [0.4, 0.5) is 0 Å². The Balaban J connectivity index is 1.13. The summed E-state index contributed by atoms with van der Waals surface area (Å²) in [5.41, 5.74) is 5.52. The average Bonchev–Trinajstić information content (AvgIpc) is 3.28. The van der Waals surface area contributed by atoms with Gasteiger partial charge >= 0.3 is 0 Å². The molecule has 8 atom stereocenters. The molecule has 314 valence electrons. The molecular weight excluding hydrogens is 761 g/mol. The van der Waals surface area contributed by atoms with Crippen LogP contribution in [-0.2, 0) is 48.2 Å². The molecule has 11 nitrogen and oxygen atoms in total. The number of hydrogen-bond donors (Lipinski definition) is 4. The first-order chi connectivity index (χ1) is 29.3. The van der Waals surface area contributed by atoms with Crippen molar-refractivity contribution < 1.29 is 43.4 Å². The summed E-state index contributed by atoms with van der Waals surface area (Å²) >= 11 is 0. The van der Waals surface area contributed by atoms with Crippen LogP contribution in [0, 0.1) is 16.7 Å². The predicted octanol–water partition coefficient (Wildman–Crippen LogP) is 8.09. The predicted molar refractivity (Wildman–Crippen MR) is 228 cm³/mol. The Kier molecular flexibility index (Phi) is 15.2. The Morgan fingerprint density at radius 1 is 0.600 bits per heavy atom. The molecule has 5 aromatic rings. The highest BCUT2D eigenvalue weighted by atomic mass is 16.7. The van der Waals surface area contributed by atoms with E-state index in [1.165, 1.54) is 6.92 Å². The highest BCUT2D eigenvalue weighted by molar-refractivity contribution is 5.98. The van der Waals surface area contributed by atoms with Crippen molar-refractivity contribution in [3.05, 3.63) is 162 Å². The van der Waals surface area contributed by atoms with Gasteiger partial charge in [0, 0.05) is 18.9 Å². The van der Waals surface area contributed by atoms with E-state index in [1.807, 2.05) is 127 Å². The lowest BCUT2D eigenvalue weighted by Crippen LogP contribution is -2.55. The topological polar surface area (TPSA) is 153 Å². The van der Waals surface area contributed by atoms with E-state index in [1.54, 1.807) is 12.1 Å². The minimum Gasteiger partial charge on any atom is -0.462 e. The molecule has 2 heterocycles. The van der Waals surface area contributed by atoms with Gasteiger partial charge in [-0.2, -0.15) is 0 Å². The number of aliphatic hydroxyl groups is 2. The van der Waals surface area contributed by atoms with Crippen LogP contribution in [-0.4, -0.2) is 78.1 Å². The summed E-state index contributed by atoms with van der Waals surface area (Å²) in [6, 6.07) is 45.0. The number of benzene rings is 5. The van der Waals surface area contributed by atoms with Crippen molar-refractivity contribution in [2.24, 2.45) is 5.92 Å². The van der Waals surface area contributed by atoms with E-state index in [4.69, 9.17) is 44.0 Å². The third kappa shape index (κ3) is 11.7. The highest BCUT2D eigenvalue weighted by Gasteiger charge is 2.47. The zero-order valence-electron chi connectivity index (χ0n) is 33.8. The lowest BCUT2D eigenvalue weighted by molar-refractivity contribution is -0.258. The van der Waals surface area contributed by atoms with E-state index in [2.05, 4.69) is 0 Å². The van der Waals surface area contributed by atoms with Gasteiger partial charge in [0.15, 0.2) is 5.90 Å². The Labute approximate surface area is 351 Å². The van der Waals surface area contributed by atoms with E-state index in [0.717, 1.165) is 27.8 Å². The van der Waals surface area contributed by atoms with Crippen LogP contribution in [0.1, 0.15) is 48.4 Å². The molecule has 2 fully saturated rings. The van der Waals surface area contributed by atoms with Crippen molar-refractivity contribution in [1.29, 1.82) is 10.8 Å². The average molecular weight is 815 g/mol. The van der Waals surface area contributed by atoms with Gasteiger partial charge in [-0.05, 0) is 70.8 Å². The van der Waals surface area contributed by atoms with Gasteiger partial charge in [0.25, 0.3) is 0 Å². The Hall–Kier alpha value is -5.24. The number of nitrogens with one attached hydrogen (secondary N) is 2. The van der Waals surface area contributed by atoms with Crippen molar-refractivity contribution in [2.75, 3.05) is 13.2 Å². The largest absolute Gasteiger partial charge is 0.462 e. The summed E-state index contributed by atoms with van der Waals surface area (Å²) in [4.78, 5) is 0. The molecule has 5 aromatic carbocycles. The van der Waals surface area contributed by atoms with E-state index >= 15 is 0 Å². The van der Waals surface area contributed by atoms with Gasteiger partial charge in [0.1, 0.15) is 18.0 Å². The third-order valence-electron chi connectivity index (χ3n) is 10.9. The molecule has 0 aromatic heterocycles. The maximum absolute atomic E-state index is 10.6. The first-order valence-corrected chi connectivity index (χ1v) is 20.5. The normalized spacial score (nSPS) is 24.1. The van der Waals surface area contributed by atoms with Crippen molar-refractivity contribution in [3.8, 4) is 16.9 Å². The second-order valence-corrected chi connectivity index (χ2v) is 15.3. The lowest BCUT2D eigenvalue weighted by Gasteiger charge is -2.46. The maximum atomic E-state index is 10.6. The molecule has 2 saturated heterocycles. The van der Waals surface area contributed by atoms with Crippen LogP contribution in [0.3, 0.4) is 0 Å². The zero-order chi connectivity index (χ0) is 41.7. The van der Waals surface area contributed by atoms with E-state index in [9.17, 15) is 10.2 Å². The fraction of sp³-hybridized carbons (Fsp3) is 0.347. The van der Waals surface area contributed by atoms with Crippen LogP contribution >= 0.6 is 0 Å². The highest BCUT2D eigenvalue weighted by Crippen LogP contribution is 2.38. The van der Waals surface area contributed by atoms with E-state index < -0.39 is 36.8 Å². The summed E-state index contributed by atoms with van der Waals surface area (Å²) in [7, 11) is 0. The number of aliphatic hydroxyl groups excluding tert-OH is 2. The van der Waals surface area contributed by atoms with Crippen molar-refractivity contribution in [3.63, 3.8) is 0 Å². The van der Waals surface area contributed by atoms with Crippen LogP contribution in [0.15, 0.2) is 140 Å². The monoisotopic (exact) mass is 814 g/mol. The standard InChI is InChI=1S/C49H54N2O9/c1-33(50)57-48(51)39-19-17-37(18-20-39)38-21-23-41(24-22-38)59-49-46(55-31-35-13-7-3-8-14-35)40(25-42(28-52)60-49)26-45-47(56-32-36-15-9-4-10-16-36)44(27-43(29-53)58-45)54-30-34-11-5-2-6-12-34/h2-24,40,42-47,49-53H,25-32H2,1H3/t40?,42?,43?,44?,45-,46?,47?,49+/m1/s1. The Morgan fingerprint density at radius 2 is 1.10 bits per heavy atom. The summed E-state index contributed by atoms with van der Waals surface area (Å²) < 4.78 is 44.9. The van der Waals surface area contributed by atoms with Gasteiger partial charge in [0.2, 0.25) is 12.2 Å². The molecule has 0 amide bonds. The lowest BCUT2D eigenvalue weighted by atomic mass is 9.83. The minimum absolute atomic E-state index is 0.0431. The molecule has 0 aliphatic carbocycles. The molecule has 7 rings (SSSR count). The minimum atomic E-state index is -0.871. The van der Waals surface area contributed by atoms with Gasteiger partial charge in [-0.1, -0.05) is 115 Å². The fourth-order valence-electron chi connectivity index (χ4n) is 7.87. The molecule has 0 saturated carbocycles. The molecule has 4 N–H and O–H groups in total. The van der Waals surface area contributed by atoms with Crippen LogP contribution < -0.4 is 4.74 Å². The molecule has 2 aliphatic heterocycles. The van der Waals surface area contributed by atoms with Gasteiger partial charge < -0.3 is 43.4 Å². The molecule has 11 heteroatoms. The van der Waals surface area contributed by atoms with E-state index in [0.29, 0.717) is 50.4 Å². The van der Waals surface area contributed by atoms with Gasteiger partial charge in [0.05, 0.1) is 57.5 Å². The summed E-state index contributed by atoms with van der Waals surface area (Å²) in [6.07, 6.45) is -2.33. The van der Waals surface area contributed by atoms with E-state index in [-0.39, 0.29) is 37.0 Å². The van der Waals surface area contributed by atoms with Gasteiger partial charge in [-0.25, -0.2) is 0 Å². The van der Waals surface area contributed by atoms with Crippen LogP contribution in [0.2, 0.25) is 0 Å².